The highest BCUT2D eigenvalue weighted by Crippen LogP contribution is 2.35. The van der Waals surface area contributed by atoms with E-state index < -0.39 is 5.97 Å². The van der Waals surface area contributed by atoms with Crippen molar-refractivity contribution in [3.63, 3.8) is 0 Å². The average Bonchev–Trinajstić information content (AvgIpc) is 3.35. The van der Waals surface area contributed by atoms with Crippen molar-refractivity contribution in [3.8, 4) is 17.0 Å². The summed E-state index contributed by atoms with van der Waals surface area (Å²) in [5.41, 5.74) is 1.47. The summed E-state index contributed by atoms with van der Waals surface area (Å²) < 4.78 is 15.6. The summed E-state index contributed by atoms with van der Waals surface area (Å²) in [4.78, 5) is 38.1. The zero-order valence-electron chi connectivity index (χ0n) is 16.6. The van der Waals surface area contributed by atoms with Gasteiger partial charge in [0.05, 0.1) is 25.4 Å². The Balaban J connectivity index is 1.27. The monoisotopic (exact) mass is 410 g/mol. The quantitative estimate of drug-likeness (QED) is 0.393. The smallest absolute Gasteiger partial charge is 0.308 e. The molecule has 2 aliphatic rings. The highest BCUT2D eigenvalue weighted by molar-refractivity contribution is 6.05. The Morgan fingerprint density at radius 3 is 2.43 bits per heavy atom. The van der Waals surface area contributed by atoms with Gasteiger partial charge in [-0.05, 0) is 37.1 Å². The molecule has 2 amide bonds. The summed E-state index contributed by atoms with van der Waals surface area (Å²) in [5, 5.41) is 3.98. The number of ether oxygens (including phenoxy) is 2. The van der Waals surface area contributed by atoms with Crippen LogP contribution >= 0.6 is 0 Å². The fraction of sp³-hybridized carbons (Fsp3) is 0.364. The number of esters is 1. The minimum atomic E-state index is -0.508. The molecule has 2 heterocycles. The van der Waals surface area contributed by atoms with Gasteiger partial charge < -0.3 is 14.0 Å². The van der Waals surface area contributed by atoms with Crippen LogP contribution in [0.3, 0.4) is 0 Å². The standard InChI is InChI=1S/C22H22N2O6/c1-28-15-8-6-14(7-9-15)19-12-16(30-23-19)13-29-20(25)10-11-24-21(26)17-4-2-3-5-18(17)22(24)27/h2-3,6-9,12,17-18H,4-5,10-11,13H2,1H3/t17-,18-/m0/s1. The summed E-state index contributed by atoms with van der Waals surface area (Å²) in [6, 6.07) is 9.03. The molecule has 0 saturated carbocycles. The molecule has 8 heteroatoms. The number of amides is 2. The first-order chi connectivity index (χ1) is 14.6. The maximum Gasteiger partial charge on any atom is 0.308 e. The van der Waals surface area contributed by atoms with Crippen molar-refractivity contribution >= 4 is 17.8 Å². The molecule has 0 spiro atoms. The molecule has 4 rings (SSSR count). The fourth-order valence-electron chi connectivity index (χ4n) is 3.80. The number of fused-ring (bicyclic) bond motifs is 1. The number of rotatable bonds is 7. The number of carbonyl (C=O) groups is 3. The molecular formula is C22H22N2O6. The number of allylic oxidation sites excluding steroid dienone is 2. The second-order valence-corrected chi connectivity index (χ2v) is 7.30. The number of benzene rings is 1. The van der Waals surface area contributed by atoms with Gasteiger partial charge in [0.2, 0.25) is 11.8 Å². The Morgan fingerprint density at radius 2 is 1.80 bits per heavy atom. The van der Waals surface area contributed by atoms with Gasteiger partial charge in [-0.25, -0.2) is 0 Å². The number of nitrogens with zero attached hydrogens (tertiary/aromatic N) is 2. The Morgan fingerprint density at radius 1 is 1.13 bits per heavy atom. The third-order valence-corrected chi connectivity index (χ3v) is 5.46. The van der Waals surface area contributed by atoms with Crippen molar-refractivity contribution in [2.45, 2.75) is 25.9 Å². The third kappa shape index (κ3) is 3.98. The Hall–Kier alpha value is -3.42. The Labute approximate surface area is 173 Å². The molecule has 1 aliphatic heterocycles. The van der Waals surface area contributed by atoms with E-state index in [1.54, 1.807) is 13.2 Å². The van der Waals surface area contributed by atoms with Crippen LogP contribution in [0.2, 0.25) is 0 Å². The number of aromatic nitrogens is 1. The first kappa shape index (κ1) is 19.9. The van der Waals surface area contributed by atoms with Crippen LogP contribution in [0.25, 0.3) is 11.3 Å². The molecule has 1 saturated heterocycles. The van der Waals surface area contributed by atoms with E-state index in [4.69, 9.17) is 14.0 Å². The molecule has 2 atom stereocenters. The second kappa shape index (κ2) is 8.52. The van der Waals surface area contributed by atoms with Gasteiger partial charge in [0.15, 0.2) is 12.4 Å². The van der Waals surface area contributed by atoms with Gasteiger partial charge in [0, 0.05) is 18.2 Å². The predicted octanol–water partition coefficient (Wildman–Crippen LogP) is 2.73. The first-order valence-electron chi connectivity index (χ1n) is 9.82. The van der Waals surface area contributed by atoms with Crippen molar-refractivity contribution in [1.82, 2.24) is 10.1 Å². The molecule has 2 aromatic rings. The van der Waals surface area contributed by atoms with Gasteiger partial charge in [0.25, 0.3) is 0 Å². The van der Waals surface area contributed by atoms with Crippen LogP contribution < -0.4 is 4.74 Å². The number of hydrogen-bond acceptors (Lipinski definition) is 7. The van der Waals surface area contributed by atoms with Crippen LogP contribution in [0.4, 0.5) is 0 Å². The van der Waals surface area contributed by atoms with Gasteiger partial charge in [-0.2, -0.15) is 0 Å². The molecule has 1 aromatic heterocycles. The van der Waals surface area contributed by atoms with E-state index >= 15 is 0 Å². The summed E-state index contributed by atoms with van der Waals surface area (Å²) in [6.45, 7) is -0.0317. The fourth-order valence-corrected chi connectivity index (χ4v) is 3.80. The van der Waals surface area contributed by atoms with E-state index in [2.05, 4.69) is 5.16 Å². The van der Waals surface area contributed by atoms with E-state index in [0.717, 1.165) is 11.3 Å². The van der Waals surface area contributed by atoms with Crippen LogP contribution in [0, 0.1) is 11.8 Å². The lowest BCUT2D eigenvalue weighted by Crippen LogP contribution is -2.33. The van der Waals surface area contributed by atoms with Gasteiger partial charge >= 0.3 is 5.97 Å². The zero-order chi connectivity index (χ0) is 21.1. The van der Waals surface area contributed by atoms with Gasteiger partial charge in [-0.15, -0.1) is 0 Å². The second-order valence-electron chi connectivity index (χ2n) is 7.30. The molecule has 1 aliphatic carbocycles. The third-order valence-electron chi connectivity index (χ3n) is 5.46. The number of imide groups is 1. The van der Waals surface area contributed by atoms with Gasteiger partial charge in [-0.3, -0.25) is 19.3 Å². The normalized spacial score (nSPS) is 20.4. The average molecular weight is 410 g/mol. The lowest BCUT2D eigenvalue weighted by Gasteiger charge is -2.14. The lowest BCUT2D eigenvalue weighted by molar-refractivity contribution is -0.147. The summed E-state index contributed by atoms with van der Waals surface area (Å²) >= 11 is 0. The van der Waals surface area contributed by atoms with Crippen LogP contribution in [-0.2, 0) is 25.7 Å². The van der Waals surface area contributed by atoms with E-state index in [0.29, 0.717) is 24.3 Å². The highest BCUT2D eigenvalue weighted by atomic mass is 16.5. The molecule has 1 fully saturated rings. The van der Waals surface area contributed by atoms with E-state index in [9.17, 15) is 14.4 Å². The Kier molecular flexibility index (Phi) is 5.65. The molecule has 8 nitrogen and oxygen atoms in total. The van der Waals surface area contributed by atoms with E-state index in [1.807, 2.05) is 36.4 Å². The van der Waals surface area contributed by atoms with Crippen molar-refractivity contribution in [2.75, 3.05) is 13.7 Å². The minimum Gasteiger partial charge on any atom is -0.497 e. The van der Waals surface area contributed by atoms with Gasteiger partial charge in [0.1, 0.15) is 11.4 Å². The highest BCUT2D eigenvalue weighted by Gasteiger charge is 2.46. The largest absolute Gasteiger partial charge is 0.497 e. The molecule has 0 radical (unpaired) electrons. The Bertz CT molecular complexity index is 952. The molecule has 0 unspecified atom stereocenters. The van der Waals surface area contributed by atoms with E-state index in [1.165, 1.54) is 4.90 Å². The van der Waals surface area contributed by atoms with Crippen molar-refractivity contribution < 1.29 is 28.4 Å². The maximum atomic E-state index is 12.4. The van der Waals surface area contributed by atoms with E-state index in [-0.39, 0.29) is 43.2 Å². The summed E-state index contributed by atoms with van der Waals surface area (Å²) in [7, 11) is 1.59. The van der Waals surface area contributed by atoms with Crippen LogP contribution in [0.5, 0.6) is 5.75 Å². The summed E-state index contributed by atoms with van der Waals surface area (Å²) in [6.07, 6.45) is 4.98. The topological polar surface area (TPSA) is 98.9 Å². The summed E-state index contributed by atoms with van der Waals surface area (Å²) in [5.74, 6) is -0.330. The lowest BCUT2D eigenvalue weighted by atomic mass is 9.85. The van der Waals surface area contributed by atoms with Crippen LogP contribution in [0.1, 0.15) is 25.0 Å². The number of carbonyl (C=O) groups excluding carboxylic acids is 3. The minimum absolute atomic E-state index is 0.0387. The van der Waals surface area contributed by atoms with Crippen LogP contribution in [-0.4, -0.2) is 41.5 Å². The van der Waals surface area contributed by atoms with Crippen LogP contribution in [0.15, 0.2) is 47.0 Å². The maximum absolute atomic E-state index is 12.4. The zero-order valence-corrected chi connectivity index (χ0v) is 16.6. The van der Waals surface area contributed by atoms with Crippen molar-refractivity contribution in [1.29, 1.82) is 0 Å². The molecule has 156 valence electrons. The number of likely N-dealkylation sites (tertiary alicyclic amines) is 1. The molecular weight excluding hydrogens is 388 g/mol. The SMILES string of the molecule is COc1ccc(-c2cc(COC(=O)CCN3C(=O)[C@H]4CC=CC[C@@H]4C3=O)on2)cc1. The molecule has 30 heavy (non-hydrogen) atoms. The van der Waals surface area contributed by atoms with Gasteiger partial charge in [-0.1, -0.05) is 17.3 Å². The predicted molar refractivity (Wildman–Crippen MR) is 105 cm³/mol. The van der Waals surface area contributed by atoms with Crippen molar-refractivity contribution in [2.24, 2.45) is 11.8 Å². The number of hydrogen-bond donors (Lipinski definition) is 0. The number of methoxy groups -OCH3 is 1. The van der Waals surface area contributed by atoms with Crippen molar-refractivity contribution in [3.05, 3.63) is 48.2 Å². The molecule has 0 N–H and O–H groups in total. The molecule has 1 aromatic carbocycles. The first-order valence-corrected chi connectivity index (χ1v) is 9.82. The molecule has 0 bridgehead atoms.